The van der Waals surface area contributed by atoms with E-state index >= 15 is 0 Å². The van der Waals surface area contributed by atoms with E-state index in [0.29, 0.717) is 0 Å². The van der Waals surface area contributed by atoms with Crippen molar-refractivity contribution in [3.8, 4) is 0 Å². The lowest BCUT2D eigenvalue weighted by Gasteiger charge is -2.17. The zero-order valence-corrected chi connectivity index (χ0v) is 12.7. The molecular weight excluding hydrogens is 364 g/mol. The highest BCUT2D eigenvalue weighted by atomic mass is 127. The summed E-state index contributed by atoms with van der Waals surface area (Å²) in [5.41, 5.74) is 2.02. The van der Waals surface area contributed by atoms with Crippen LogP contribution in [0, 0.1) is 9.39 Å². The Hall–Kier alpha value is -0.810. The van der Waals surface area contributed by atoms with Crippen LogP contribution in [0.2, 0.25) is 5.02 Å². The van der Waals surface area contributed by atoms with E-state index < -0.39 is 0 Å². The number of hydrogen-bond donors (Lipinski definition) is 1. The number of nitrogens with one attached hydrogen (secondary N) is 1. The molecule has 1 atom stereocenters. The largest absolute Gasteiger partial charge is 0.378 e. The van der Waals surface area contributed by atoms with E-state index in [-0.39, 0.29) is 11.9 Å². The molecule has 2 aromatic rings. The Balaban J connectivity index is 2.18. The van der Waals surface area contributed by atoms with E-state index in [9.17, 15) is 4.39 Å². The fraction of sp³-hybridized carbons (Fsp3) is 0.143. The minimum Gasteiger partial charge on any atom is -0.378 e. The number of anilines is 1. The van der Waals surface area contributed by atoms with Crippen molar-refractivity contribution in [2.24, 2.45) is 0 Å². The lowest BCUT2D eigenvalue weighted by Crippen LogP contribution is -2.07. The maximum absolute atomic E-state index is 13.0. The molecule has 94 valence electrons. The molecule has 0 aromatic heterocycles. The molecule has 1 unspecified atom stereocenters. The van der Waals surface area contributed by atoms with Crippen LogP contribution in [0.15, 0.2) is 42.5 Å². The molecule has 0 aliphatic heterocycles. The van der Waals surface area contributed by atoms with Gasteiger partial charge < -0.3 is 5.32 Å². The number of hydrogen-bond acceptors (Lipinski definition) is 1. The first kappa shape index (κ1) is 13.6. The SMILES string of the molecule is CC(Nc1ccc(F)cc1I)c1cccc(Cl)c1. The van der Waals surface area contributed by atoms with Crippen molar-refractivity contribution in [3.05, 3.63) is 62.4 Å². The number of benzene rings is 2. The van der Waals surface area contributed by atoms with E-state index in [1.807, 2.05) is 31.2 Å². The maximum atomic E-state index is 13.0. The quantitative estimate of drug-likeness (QED) is 0.722. The molecule has 0 radical (unpaired) electrons. The Morgan fingerprint density at radius 3 is 2.67 bits per heavy atom. The molecule has 0 spiro atoms. The van der Waals surface area contributed by atoms with E-state index in [1.165, 1.54) is 12.1 Å². The van der Waals surface area contributed by atoms with Gasteiger partial charge in [0.2, 0.25) is 0 Å². The highest BCUT2D eigenvalue weighted by Crippen LogP contribution is 2.25. The predicted octanol–water partition coefficient (Wildman–Crippen LogP) is 5.26. The van der Waals surface area contributed by atoms with Crippen molar-refractivity contribution >= 4 is 39.9 Å². The van der Waals surface area contributed by atoms with Gasteiger partial charge in [0.25, 0.3) is 0 Å². The average molecular weight is 376 g/mol. The molecule has 4 heteroatoms. The average Bonchev–Trinajstić information content (AvgIpc) is 2.32. The summed E-state index contributed by atoms with van der Waals surface area (Å²) in [5.74, 6) is -0.222. The Morgan fingerprint density at radius 1 is 1.22 bits per heavy atom. The van der Waals surface area contributed by atoms with Gasteiger partial charge in [0.15, 0.2) is 0 Å². The third-order valence-electron chi connectivity index (χ3n) is 2.65. The summed E-state index contributed by atoms with van der Waals surface area (Å²) >= 11 is 8.08. The minimum absolute atomic E-state index is 0.114. The van der Waals surface area contributed by atoms with Crippen LogP contribution in [-0.2, 0) is 0 Å². The van der Waals surface area contributed by atoms with Crippen molar-refractivity contribution in [3.63, 3.8) is 0 Å². The predicted molar refractivity (Wildman–Crippen MR) is 82.6 cm³/mol. The third kappa shape index (κ3) is 3.36. The van der Waals surface area contributed by atoms with Crippen molar-refractivity contribution in [2.45, 2.75) is 13.0 Å². The van der Waals surface area contributed by atoms with Crippen molar-refractivity contribution < 1.29 is 4.39 Å². The number of halogens is 3. The third-order valence-corrected chi connectivity index (χ3v) is 3.78. The van der Waals surface area contributed by atoms with Gasteiger partial charge in [-0.1, -0.05) is 23.7 Å². The summed E-state index contributed by atoms with van der Waals surface area (Å²) in [6.07, 6.45) is 0. The van der Waals surface area contributed by atoms with E-state index in [4.69, 9.17) is 11.6 Å². The summed E-state index contributed by atoms with van der Waals surface area (Å²) in [5, 5.41) is 4.07. The molecule has 0 saturated heterocycles. The zero-order chi connectivity index (χ0) is 13.1. The molecular formula is C14H12ClFIN. The second-order valence-electron chi connectivity index (χ2n) is 4.05. The van der Waals surface area contributed by atoms with Crippen LogP contribution in [0.25, 0.3) is 0 Å². The standard InChI is InChI=1S/C14H12ClFIN/c1-9(10-3-2-4-11(15)7-10)18-14-6-5-12(16)8-13(14)17/h2-9,18H,1H3. The summed E-state index contributed by atoms with van der Waals surface area (Å²) in [4.78, 5) is 0. The fourth-order valence-corrected chi connectivity index (χ4v) is 2.53. The molecule has 0 aliphatic carbocycles. The molecule has 1 nitrogen and oxygen atoms in total. The molecule has 18 heavy (non-hydrogen) atoms. The molecule has 0 aliphatic rings. The van der Waals surface area contributed by atoms with Gasteiger partial charge in [-0.3, -0.25) is 0 Å². The van der Waals surface area contributed by atoms with Gasteiger partial charge in [-0.25, -0.2) is 4.39 Å². The Morgan fingerprint density at radius 2 is 2.00 bits per heavy atom. The molecule has 2 rings (SSSR count). The van der Waals surface area contributed by atoms with Gasteiger partial charge in [-0.15, -0.1) is 0 Å². The minimum atomic E-state index is -0.222. The van der Waals surface area contributed by atoms with Crippen LogP contribution >= 0.6 is 34.2 Å². The van der Waals surface area contributed by atoms with Gasteiger partial charge >= 0.3 is 0 Å². The highest BCUT2D eigenvalue weighted by Gasteiger charge is 2.08. The van der Waals surface area contributed by atoms with Crippen LogP contribution < -0.4 is 5.32 Å². The van der Waals surface area contributed by atoms with Crippen LogP contribution in [0.3, 0.4) is 0 Å². The zero-order valence-electron chi connectivity index (χ0n) is 9.75. The normalized spacial score (nSPS) is 12.2. The smallest absolute Gasteiger partial charge is 0.124 e. The van der Waals surface area contributed by atoms with Crippen LogP contribution in [0.5, 0.6) is 0 Å². The highest BCUT2D eigenvalue weighted by molar-refractivity contribution is 14.1. The maximum Gasteiger partial charge on any atom is 0.124 e. The lowest BCUT2D eigenvalue weighted by molar-refractivity contribution is 0.627. The number of rotatable bonds is 3. The summed E-state index contributed by atoms with van der Waals surface area (Å²) < 4.78 is 13.9. The second-order valence-corrected chi connectivity index (χ2v) is 5.64. The summed E-state index contributed by atoms with van der Waals surface area (Å²) in [6.45, 7) is 2.05. The van der Waals surface area contributed by atoms with E-state index in [1.54, 1.807) is 6.07 Å². The first-order valence-corrected chi connectivity index (χ1v) is 6.99. The first-order chi connectivity index (χ1) is 8.56. The molecule has 0 saturated carbocycles. The van der Waals surface area contributed by atoms with Gasteiger partial charge in [0, 0.05) is 20.3 Å². The van der Waals surface area contributed by atoms with Crippen molar-refractivity contribution in [1.82, 2.24) is 0 Å². The van der Waals surface area contributed by atoms with Gasteiger partial charge in [0.1, 0.15) is 5.82 Å². The second kappa shape index (κ2) is 5.89. The molecule has 2 aromatic carbocycles. The lowest BCUT2D eigenvalue weighted by atomic mass is 10.1. The molecule has 1 N–H and O–H groups in total. The van der Waals surface area contributed by atoms with Crippen LogP contribution in [-0.4, -0.2) is 0 Å². The van der Waals surface area contributed by atoms with Gasteiger partial charge in [0.05, 0.1) is 0 Å². The van der Waals surface area contributed by atoms with E-state index in [0.717, 1.165) is 19.8 Å². The summed E-state index contributed by atoms with van der Waals surface area (Å²) in [7, 11) is 0. The Labute approximate surface area is 124 Å². The van der Waals surface area contributed by atoms with E-state index in [2.05, 4.69) is 27.9 Å². The topological polar surface area (TPSA) is 12.0 Å². The Kier molecular flexibility index (Phi) is 4.45. The monoisotopic (exact) mass is 375 g/mol. The van der Waals surface area contributed by atoms with Crippen molar-refractivity contribution in [2.75, 3.05) is 5.32 Å². The van der Waals surface area contributed by atoms with Gasteiger partial charge in [-0.2, -0.15) is 0 Å². The van der Waals surface area contributed by atoms with Crippen LogP contribution in [0.4, 0.5) is 10.1 Å². The Bertz CT molecular complexity index is 559. The molecule has 0 heterocycles. The first-order valence-electron chi connectivity index (χ1n) is 5.53. The van der Waals surface area contributed by atoms with Crippen LogP contribution in [0.1, 0.15) is 18.5 Å². The summed E-state index contributed by atoms with van der Waals surface area (Å²) in [6, 6.07) is 12.5. The van der Waals surface area contributed by atoms with Crippen molar-refractivity contribution in [1.29, 1.82) is 0 Å². The fourth-order valence-electron chi connectivity index (χ4n) is 1.70. The molecule has 0 amide bonds. The molecule has 0 fully saturated rings. The van der Waals surface area contributed by atoms with Gasteiger partial charge in [-0.05, 0) is 65.4 Å². The molecule has 0 bridgehead atoms.